The Bertz CT molecular complexity index is 1220. The third-order valence-electron chi connectivity index (χ3n) is 7.02. The smallest absolute Gasteiger partial charge is 0.250 e. The van der Waals surface area contributed by atoms with Gasteiger partial charge in [-0.25, -0.2) is 19.9 Å². The predicted molar refractivity (Wildman–Crippen MR) is 125 cm³/mol. The van der Waals surface area contributed by atoms with Crippen LogP contribution in [0.15, 0.2) is 23.1 Å². The van der Waals surface area contributed by atoms with E-state index < -0.39 is 0 Å². The summed E-state index contributed by atoms with van der Waals surface area (Å²) in [4.78, 5) is 31.4. The molecule has 33 heavy (non-hydrogen) atoms. The Morgan fingerprint density at radius 3 is 2.61 bits per heavy atom. The number of rotatable bonds is 4. The van der Waals surface area contributed by atoms with Crippen LogP contribution in [0.1, 0.15) is 85.7 Å². The Kier molecular flexibility index (Phi) is 6.10. The van der Waals surface area contributed by atoms with Crippen LogP contribution in [0.4, 0.5) is 0 Å². The highest BCUT2D eigenvalue weighted by molar-refractivity contribution is 5.74. The maximum Gasteiger partial charge on any atom is 0.250 e. The molecule has 1 aliphatic carbocycles. The van der Waals surface area contributed by atoms with E-state index in [1.54, 1.807) is 24.8 Å². The van der Waals surface area contributed by atoms with E-state index in [-0.39, 0.29) is 17.6 Å². The lowest BCUT2D eigenvalue weighted by molar-refractivity contribution is 0.00359. The maximum absolute atomic E-state index is 11.8. The van der Waals surface area contributed by atoms with Crippen molar-refractivity contribution in [3.05, 3.63) is 51.5 Å². The van der Waals surface area contributed by atoms with Crippen molar-refractivity contribution in [2.24, 2.45) is 7.05 Å². The Morgan fingerprint density at radius 2 is 1.85 bits per heavy atom. The van der Waals surface area contributed by atoms with Gasteiger partial charge >= 0.3 is 0 Å². The molecule has 2 atom stereocenters. The van der Waals surface area contributed by atoms with Crippen LogP contribution in [0.2, 0.25) is 0 Å². The van der Waals surface area contributed by atoms with Gasteiger partial charge in [-0.2, -0.15) is 0 Å². The second-order valence-electron chi connectivity index (χ2n) is 9.28. The number of ether oxygens (including phenoxy) is 2. The summed E-state index contributed by atoms with van der Waals surface area (Å²) in [7, 11) is 3.39. The van der Waals surface area contributed by atoms with Crippen LogP contribution in [0, 0.1) is 6.92 Å². The molecule has 0 radical (unpaired) electrons. The molecule has 0 N–H and O–H groups in total. The summed E-state index contributed by atoms with van der Waals surface area (Å²) in [5.74, 6) is 1.91. The first-order chi connectivity index (χ1) is 16.0. The fourth-order valence-corrected chi connectivity index (χ4v) is 5.16. The largest absolute Gasteiger partial charge is 0.480 e. The van der Waals surface area contributed by atoms with Crippen molar-refractivity contribution in [3.8, 4) is 5.88 Å². The quantitative estimate of drug-likeness (QED) is 0.592. The average Bonchev–Trinajstić information content (AvgIpc) is 2.85. The highest BCUT2D eigenvalue weighted by Gasteiger charge is 2.30. The molecule has 8 nitrogen and oxygen atoms in total. The number of aryl methyl sites for hydroxylation is 2. The van der Waals surface area contributed by atoms with Gasteiger partial charge in [-0.05, 0) is 44.2 Å². The molecular weight excluding hydrogens is 418 g/mol. The number of pyridine rings is 1. The third-order valence-corrected chi connectivity index (χ3v) is 7.02. The van der Waals surface area contributed by atoms with E-state index in [2.05, 4.69) is 0 Å². The molecule has 0 unspecified atom stereocenters. The SMILES string of the molecule is COc1nc2c(C3CCCCC3)nc([C@H]3CCO[C@@H](c4ccc(=O)n(C)c4)C3)nc2nc1C. The van der Waals surface area contributed by atoms with Gasteiger partial charge in [0.25, 0.3) is 0 Å². The first-order valence-electron chi connectivity index (χ1n) is 11.9. The van der Waals surface area contributed by atoms with E-state index in [4.69, 9.17) is 29.4 Å². The van der Waals surface area contributed by atoms with E-state index in [1.807, 2.05) is 19.2 Å². The van der Waals surface area contributed by atoms with Crippen LogP contribution in [-0.4, -0.2) is 38.2 Å². The molecule has 1 saturated heterocycles. The second-order valence-corrected chi connectivity index (χ2v) is 9.28. The molecule has 3 aromatic rings. The molecule has 1 saturated carbocycles. The van der Waals surface area contributed by atoms with Crippen LogP contribution in [-0.2, 0) is 11.8 Å². The van der Waals surface area contributed by atoms with E-state index in [0.717, 1.165) is 54.0 Å². The van der Waals surface area contributed by atoms with Crippen LogP contribution in [0.25, 0.3) is 11.2 Å². The van der Waals surface area contributed by atoms with Crippen molar-refractivity contribution in [2.45, 2.75) is 69.8 Å². The van der Waals surface area contributed by atoms with Gasteiger partial charge in [0, 0.05) is 37.8 Å². The summed E-state index contributed by atoms with van der Waals surface area (Å²) in [6.07, 6.45) is 9.37. The topological polar surface area (TPSA) is 92.0 Å². The first-order valence-corrected chi connectivity index (χ1v) is 11.9. The maximum atomic E-state index is 11.8. The van der Waals surface area contributed by atoms with Gasteiger partial charge < -0.3 is 14.0 Å². The number of hydrogen-bond acceptors (Lipinski definition) is 7. The number of nitrogens with zero attached hydrogens (tertiary/aromatic N) is 5. The molecule has 0 aromatic carbocycles. The molecule has 2 aliphatic rings. The predicted octanol–water partition coefficient (Wildman–Crippen LogP) is 4.12. The first kappa shape index (κ1) is 21.9. The van der Waals surface area contributed by atoms with Crippen molar-refractivity contribution in [3.63, 3.8) is 0 Å². The Morgan fingerprint density at radius 1 is 1.03 bits per heavy atom. The van der Waals surface area contributed by atoms with Crippen LogP contribution >= 0.6 is 0 Å². The molecule has 0 spiro atoms. The zero-order valence-corrected chi connectivity index (χ0v) is 19.6. The molecule has 2 fully saturated rings. The monoisotopic (exact) mass is 449 g/mol. The van der Waals surface area contributed by atoms with Crippen molar-refractivity contribution in [2.75, 3.05) is 13.7 Å². The van der Waals surface area contributed by atoms with Gasteiger partial charge in [-0.15, -0.1) is 0 Å². The molecule has 3 aromatic heterocycles. The highest BCUT2D eigenvalue weighted by Crippen LogP contribution is 2.39. The van der Waals surface area contributed by atoms with Gasteiger partial charge in [0.2, 0.25) is 11.4 Å². The molecule has 1 aliphatic heterocycles. The van der Waals surface area contributed by atoms with Gasteiger partial charge in [0.05, 0.1) is 18.9 Å². The number of methoxy groups -OCH3 is 1. The molecule has 5 rings (SSSR count). The normalized spacial score (nSPS) is 21.9. The summed E-state index contributed by atoms with van der Waals surface area (Å²) in [5, 5.41) is 0. The van der Waals surface area contributed by atoms with Gasteiger partial charge in [0.1, 0.15) is 17.0 Å². The summed E-state index contributed by atoms with van der Waals surface area (Å²) >= 11 is 0. The lowest BCUT2D eigenvalue weighted by Gasteiger charge is -2.30. The van der Waals surface area contributed by atoms with Crippen LogP contribution < -0.4 is 10.3 Å². The minimum atomic E-state index is -0.0864. The van der Waals surface area contributed by atoms with Crippen molar-refractivity contribution >= 4 is 11.2 Å². The summed E-state index contributed by atoms with van der Waals surface area (Å²) < 4.78 is 13.1. The minimum Gasteiger partial charge on any atom is -0.480 e. The number of aromatic nitrogens is 5. The molecule has 8 heteroatoms. The lowest BCUT2D eigenvalue weighted by atomic mass is 9.86. The molecule has 174 valence electrons. The average molecular weight is 450 g/mol. The second kappa shape index (κ2) is 9.17. The van der Waals surface area contributed by atoms with Crippen molar-refractivity contribution < 1.29 is 9.47 Å². The van der Waals surface area contributed by atoms with Crippen molar-refractivity contribution in [1.82, 2.24) is 24.5 Å². The summed E-state index contributed by atoms with van der Waals surface area (Å²) in [6.45, 7) is 2.53. The lowest BCUT2D eigenvalue weighted by Crippen LogP contribution is -2.23. The summed E-state index contributed by atoms with van der Waals surface area (Å²) in [6, 6.07) is 3.47. The van der Waals surface area contributed by atoms with Gasteiger partial charge in [0.15, 0.2) is 5.65 Å². The number of fused-ring (bicyclic) bond motifs is 1. The fourth-order valence-electron chi connectivity index (χ4n) is 5.16. The Hall–Kier alpha value is -2.87. The zero-order valence-electron chi connectivity index (χ0n) is 19.6. The van der Waals surface area contributed by atoms with E-state index in [1.165, 1.54) is 19.3 Å². The Balaban J connectivity index is 1.54. The standard InChI is InChI=1S/C25H31N5O3/c1-15-25(32-3)28-22-21(16-7-5-4-6-8-16)27-23(29-24(22)26-15)17-11-12-33-19(13-17)18-9-10-20(31)30(2)14-18/h9-10,14,16-17,19H,4-8,11-13H2,1-3H3/t17-,19+/m0/s1. The summed E-state index contributed by atoms with van der Waals surface area (Å²) in [5.41, 5.74) is 4.17. The Labute approximate surface area is 193 Å². The van der Waals surface area contributed by atoms with Gasteiger partial charge in [-0.3, -0.25) is 4.79 Å². The third kappa shape index (κ3) is 4.36. The molecular formula is C25H31N5O3. The van der Waals surface area contributed by atoms with Crippen LogP contribution in [0.5, 0.6) is 5.88 Å². The molecule has 0 bridgehead atoms. The van der Waals surface area contributed by atoms with Crippen LogP contribution in [0.3, 0.4) is 0 Å². The minimum absolute atomic E-state index is 0.0227. The van der Waals surface area contributed by atoms with Crippen molar-refractivity contribution in [1.29, 1.82) is 0 Å². The van der Waals surface area contributed by atoms with E-state index >= 15 is 0 Å². The van der Waals surface area contributed by atoms with Gasteiger partial charge in [-0.1, -0.05) is 19.3 Å². The highest BCUT2D eigenvalue weighted by atomic mass is 16.5. The van der Waals surface area contributed by atoms with E-state index in [0.29, 0.717) is 24.1 Å². The number of hydrogen-bond donors (Lipinski definition) is 0. The fraction of sp³-hybridized carbons (Fsp3) is 0.560. The zero-order chi connectivity index (χ0) is 22.9. The molecule has 0 amide bonds. The molecule has 4 heterocycles. The van der Waals surface area contributed by atoms with E-state index in [9.17, 15) is 4.79 Å².